The molecule has 104 valence electrons. The number of aromatic nitrogens is 1. The van der Waals surface area contributed by atoms with Crippen molar-refractivity contribution < 1.29 is 25.3 Å². The van der Waals surface area contributed by atoms with Gasteiger partial charge in [0.2, 0.25) is 0 Å². The van der Waals surface area contributed by atoms with Gasteiger partial charge in [0.1, 0.15) is 0 Å². The van der Waals surface area contributed by atoms with E-state index in [1.807, 2.05) is 18.2 Å². The van der Waals surface area contributed by atoms with Crippen molar-refractivity contribution in [3.05, 3.63) is 30.6 Å². The van der Waals surface area contributed by atoms with Crippen molar-refractivity contribution in [2.24, 2.45) is 0 Å². The van der Waals surface area contributed by atoms with Crippen LogP contribution < -0.4 is 0 Å². The molecule has 7 heteroatoms. The molecule has 1 aromatic heterocycles. The van der Waals surface area contributed by atoms with Gasteiger partial charge in [-0.3, -0.25) is 4.98 Å². The fourth-order valence-electron chi connectivity index (χ4n) is 0.313. The normalized spacial score (nSPS) is 10.5. The first-order valence-corrected chi connectivity index (χ1v) is 5.32. The van der Waals surface area contributed by atoms with Crippen LogP contribution in [0.1, 0.15) is 27.7 Å². The van der Waals surface area contributed by atoms with E-state index in [1.165, 1.54) is 0 Å². The van der Waals surface area contributed by atoms with Crippen LogP contribution in [0.5, 0.6) is 0 Å². The summed E-state index contributed by atoms with van der Waals surface area (Å²) in [7, 11) is -2.17. The van der Waals surface area contributed by atoms with Crippen LogP contribution in [0.25, 0.3) is 0 Å². The smallest absolute Gasteiger partial charge is 0.402 e. The molecule has 1 heterocycles. The summed E-state index contributed by atoms with van der Waals surface area (Å²) in [6.45, 7) is 6.31. The van der Waals surface area contributed by atoms with Crippen molar-refractivity contribution >= 4 is 7.32 Å². The molecule has 18 heavy (non-hydrogen) atoms. The Morgan fingerprint density at radius 3 is 1.11 bits per heavy atom. The Morgan fingerprint density at radius 2 is 1.06 bits per heavy atom. The first kappa shape index (κ1) is 19.4. The van der Waals surface area contributed by atoms with Gasteiger partial charge in [0, 0.05) is 12.4 Å². The van der Waals surface area contributed by atoms with Crippen LogP contribution in [0.2, 0.25) is 0 Å². The Morgan fingerprint density at radius 1 is 0.778 bits per heavy atom. The summed E-state index contributed by atoms with van der Waals surface area (Å²) < 4.78 is 0. The summed E-state index contributed by atoms with van der Waals surface area (Å²) in [4.78, 5) is 3.78. The van der Waals surface area contributed by atoms with Gasteiger partial charge in [-0.05, 0) is 39.8 Å². The summed E-state index contributed by atoms with van der Waals surface area (Å²) in [5.74, 6) is 0. The molecule has 0 atom stereocenters. The maximum absolute atomic E-state index is 9.10. The molecule has 0 unspecified atom stereocenters. The van der Waals surface area contributed by atoms with Gasteiger partial charge in [0.05, 0.1) is 11.2 Å². The first-order chi connectivity index (χ1) is 7.98. The van der Waals surface area contributed by atoms with Gasteiger partial charge in [-0.15, -0.1) is 0 Å². The first-order valence-electron chi connectivity index (χ1n) is 5.32. The molecule has 0 spiro atoms. The average Bonchev–Trinajstić information content (AvgIpc) is 2.17. The molecule has 1 aromatic rings. The van der Waals surface area contributed by atoms with E-state index in [0.717, 1.165) is 0 Å². The van der Waals surface area contributed by atoms with Gasteiger partial charge in [-0.25, -0.2) is 0 Å². The largest absolute Gasteiger partial charge is 0.631 e. The fourth-order valence-corrected chi connectivity index (χ4v) is 0.313. The molecule has 0 aliphatic heterocycles. The minimum atomic E-state index is -2.17. The second-order valence-electron chi connectivity index (χ2n) is 4.49. The molecule has 5 N–H and O–H groups in total. The van der Waals surface area contributed by atoms with E-state index < -0.39 is 18.5 Å². The SMILES string of the molecule is CC(C)(O)C(C)(C)O.OB(O)O.c1ccncc1. The monoisotopic (exact) mass is 259 g/mol. The lowest BCUT2D eigenvalue weighted by Gasteiger charge is -2.31. The van der Waals surface area contributed by atoms with Gasteiger partial charge in [-0.2, -0.15) is 0 Å². The zero-order valence-electron chi connectivity index (χ0n) is 11.1. The number of rotatable bonds is 1. The quantitative estimate of drug-likeness (QED) is 0.437. The fraction of sp³-hybridized carbons (Fsp3) is 0.545. The summed E-state index contributed by atoms with van der Waals surface area (Å²) in [6.07, 6.45) is 3.50. The lowest BCUT2D eigenvalue weighted by molar-refractivity contribution is -0.107. The molecule has 6 nitrogen and oxygen atoms in total. The van der Waals surface area contributed by atoms with E-state index in [9.17, 15) is 0 Å². The maximum atomic E-state index is 9.10. The summed E-state index contributed by atoms with van der Waals surface area (Å²) in [5, 5.41) is 39.7. The topological polar surface area (TPSA) is 114 Å². The van der Waals surface area contributed by atoms with Crippen molar-refractivity contribution in [3.63, 3.8) is 0 Å². The Labute approximate surface area is 108 Å². The number of nitrogens with zero attached hydrogens (tertiary/aromatic N) is 1. The van der Waals surface area contributed by atoms with Crippen LogP contribution in [0.15, 0.2) is 30.6 Å². The van der Waals surface area contributed by atoms with Crippen LogP contribution in [0.3, 0.4) is 0 Å². The second-order valence-corrected chi connectivity index (χ2v) is 4.49. The maximum Gasteiger partial charge on any atom is 0.631 e. The van der Waals surface area contributed by atoms with Gasteiger partial charge in [-0.1, -0.05) is 6.07 Å². The Kier molecular flexibility index (Phi) is 9.69. The molecule has 0 radical (unpaired) electrons. The summed E-state index contributed by atoms with van der Waals surface area (Å²) in [6, 6.07) is 5.72. The molecule has 0 fully saturated rings. The van der Waals surface area contributed by atoms with Crippen LogP contribution in [0, 0.1) is 0 Å². The third-order valence-electron chi connectivity index (χ3n) is 2.06. The number of hydrogen-bond acceptors (Lipinski definition) is 6. The van der Waals surface area contributed by atoms with E-state index in [1.54, 1.807) is 40.1 Å². The lowest BCUT2D eigenvalue weighted by atomic mass is 9.90. The van der Waals surface area contributed by atoms with Gasteiger partial charge in [0.25, 0.3) is 0 Å². The number of aliphatic hydroxyl groups is 2. The Bertz CT molecular complexity index is 240. The number of hydrogen-bond donors (Lipinski definition) is 5. The molecule has 0 aliphatic rings. The third kappa shape index (κ3) is 15.0. The predicted octanol–water partition coefficient (Wildman–Crippen LogP) is -0.442. The van der Waals surface area contributed by atoms with Crippen molar-refractivity contribution in [1.29, 1.82) is 0 Å². The van der Waals surface area contributed by atoms with Crippen LogP contribution in [-0.2, 0) is 0 Å². The molecule has 1 rings (SSSR count). The highest BCUT2D eigenvalue weighted by atomic mass is 16.5. The van der Waals surface area contributed by atoms with Crippen LogP contribution in [0.4, 0.5) is 0 Å². The second kappa shape index (κ2) is 9.01. The molecule has 0 amide bonds. The molecule has 0 bridgehead atoms. The number of pyridine rings is 1. The van der Waals surface area contributed by atoms with Crippen LogP contribution >= 0.6 is 0 Å². The standard InChI is InChI=1S/C6H14O2.C5H5N.BH3O3/c1-5(2,7)6(3,4)8;1-2-4-6-5-3-1;2-1(3)4/h7-8H,1-4H3;1-5H;2-4H. The Balaban J connectivity index is 0. The molecule has 0 saturated heterocycles. The molecular formula is C11H22BNO5. The van der Waals surface area contributed by atoms with Crippen molar-refractivity contribution in [2.45, 2.75) is 38.9 Å². The highest BCUT2D eigenvalue weighted by Crippen LogP contribution is 2.19. The molecule has 0 aliphatic carbocycles. The summed E-state index contributed by atoms with van der Waals surface area (Å²) >= 11 is 0. The van der Waals surface area contributed by atoms with Gasteiger partial charge in [0.15, 0.2) is 0 Å². The zero-order chi connectivity index (χ0) is 14.8. The predicted molar refractivity (Wildman–Crippen MR) is 69.2 cm³/mol. The Hall–Kier alpha value is -0.985. The minimum Gasteiger partial charge on any atom is -0.402 e. The van der Waals surface area contributed by atoms with E-state index in [0.29, 0.717) is 0 Å². The molecule has 0 saturated carbocycles. The van der Waals surface area contributed by atoms with Gasteiger partial charge >= 0.3 is 7.32 Å². The van der Waals surface area contributed by atoms with Crippen molar-refractivity contribution in [1.82, 2.24) is 4.98 Å². The lowest BCUT2D eigenvalue weighted by Crippen LogP contribution is -2.44. The van der Waals surface area contributed by atoms with Crippen LogP contribution in [-0.4, -0.2) is 48.8 Å². The molecule has 0 aromatic carbocycles. The molecular weight excluding hydrogens is 237 g/mol. The zero-order valence-corrected chi connectivity index (χ0v) is 11.1. The summed E-state index contributed by atoms with van der Waals surface area (Å²) in [5.41, 5.74) is -2.01. The van der Waals surface area contributed by atoms with E-state index in [4.69, 9.17) is 25.3 Å². The minimum absolute atomic E-state index is 1.01. The highest BCUT2D eigenvalue weighted by Gasteiger charge is 2.31. The third-order valence-corrected chi connectivity index (χ3v) is 2.06. The van der Waals surface area contributed by atoms with Crippen molar-refractivity contribution in [3.8, 4) is 0 Å². The average molecular weight is 259 g/mol. The highest BCUT2D eigenvalue weighted by molar-refractivity contribution is 6.30. The van der Waals surface area contributed by atoms with Crippen molar-refractivity contribution in [2.75, 3.05) is 0 Å². The van der Waals surface area contributed by atoms with E-state index in [2.05, 4.69) is 4.98 Å². The van der Waals surface area contributed by atoms with Gasteiger partial charge < -0.3 is 25.3 Å². The van der Waals surface area contributed by atoms with E-state index in [-0.39, 0.29) is 0 Å². The van der Waals surface area contributed by atoms with E-state index >= 15 is 0 Å².